The van der Waals surface area contributed by atoms with Gasteiger partial charge >= 0.3 is 0 Å². The maximum Gasteiger partial charge on any atom is 0.295 e. The number of aromatic nitrogens is 3. The Bertz CT molecular complexity index is 1300. The summed E-state index contributed by atoms with van der Waals surface area (Å²) in [6, 6.07) is 18.6. The van der Waals surface area contributed by atoms with Gasteiger partial charge < -0.3 is 5.32 Å². The lowest BCUT2D eigenvalue weighted by Crippen LogP contribution is -2.14. The molecule has 7 heteroatoms. The van der Waals surface area contributed by atoms with Gasteiger partial charge in [-0.15, -0.1) is 5.10 Å². The minimum atomic E-state index is -0.400. The summed E-state index contributed by atoms with van der Waals surface area (Å²) in [7, 11) is 0. The maximum atomic E-state index is 12.9. The lowest BCUT2D eigenvalue weighted by molar-refractivity contribution is 0.101. The summed E-state index contributed by atoms with van der Waals surface area (Å²) in [4.78, 5) is 17.4. The molecule has 0 atom stereocenters. The SMILES string of the molecule is Cc1ccc(NC(=O)c2nc(-c3cccc(Cl)c3)n(-c3ccc(C)c(Cl)c3)n2)cc1C. The third kappa shape index (κ3) is 4.48. The molecular weight excluding hydrogens is 431 g/mol. The third-order valence-electron chi connectivity index (χ3n) is 5.06. The Balaban J connectivity index is 1.77. The van der Waals surface area contributed by atoms with E-state index in [9.17, 15) is 4.79 Å². The lowest BCUT2D eigenvalue weighted by Gasteiger charge is -2.08. The molecule has 0 unspecified atom stereocenters. The molecular formula is C24H20Cl2N4O. The molecule has 0 saturated heterocycles. The van der Waals surface area contributed by atoms with Crippen LogP contribution in [0.15, 0.2) is 60.7 Å². The van der Waals surface area contributed by atoms with E-state index in [1.54, 1.807) is 22.9 Å². The number of benzene rings is 3. The molecule has 1 aromatic heterocycles. The predicted octanol–water partition coefficient (Wildman–Crippen LogP) is 6.42. The van der Waals surface area contributed by atoms with E-state index in [1.807, 2.05) is 63.2 Å². The van der Waals surface area contributed by atoms with Gasteiger partial charge in [-0.25, -0.2) is 9.67 Å². The molecule has 0 fully saturated rings. The average molecular weight is 451 g/mol. The van der Waals surface area contributed by atoms with E-state index in [4.69, 9.17) is 23.2 Å². The van der Waals surface area contributed by atoms with Crippen molar-refractivity contribution < 1.29 is 4.79 Å². The fourth-order valence-corrected chi connectivity index (χ4v) is 3.49. The fraction of sp³-hybridized carbons (Fsp3) is 0.125. The quantitative estimate of drug-likeness (QED) is 0.390. The minimum Gasteiger partial charge on any atom is -0.319 e. The number of nitrogens with one attached hydrogen (secondary N) is 1. The van der Waals surface area contributed by atoms with Gasteiger partial charge in [-0.05, 0) is 73.9 Å². The molecule has 3 aromatic carbocycles. The molecule has 0 aliphatic heterocycles. The Hall–Kier alpha value is -3.15. The molecule has 0 aliphatic carbocycles. The highest BCUT2D eigenvalue weighted by molar-refractivity contribution is 6.31. The molecule has 1 N–H and O–H groups in total. The second-order valence-corrected chi connectivity index (χ2v) is 8.21. The number of anilines is 1. The van der Waals surface area contributed by atoms with E-state index in [-0.39, 0.29) is 5.82 Å². The second kappa shape index (κ2) is 8.53. The molecule has 4 aromatic rings. The van der Waals surface area contributed by atoms with Crippen molar-refractivity contribution >= 4 is 34.8 Å². The maximum absolute atomic E-state index is 12.9. The Morgan fingerprint density at radius 1 is 0.903 bits per heavy atom. The van der Waals surface area contributed by atoms with Crippen molar-refractivity contribution in [3.05, 3.63) is 93.2 Å². The van der Waals surface area contributed by atoms with Crippen molar-refractivity contribution in [2.45, 2.75) is 20.8 Å². The van der Waals surface area contributed by atoms with Crippen LogP contribution in [0.1, 0.15) is 27.3 Å². The number of hydrogen-bond acceptors (Lipinski definition) is 3. The molecule has 4 rings (SSSR count). The first kappa shape index (κ1) is 21.1. The van der Waals surface area contributed by atoms with Crippen molar-refractivity contribution in [2.24, 2.45) is 0 Å². The Morgan fingerprint density at radius 2 is 1.68 bits per heavy atom. The van der Waals surface area contributed by atoms with Crippen LogP contribution in [-0.4, -0.2) is 20.7 Å². The minimum absolute atomic E-state index is 0.0462. The first-order valence-corrected chi connectivity index (χ1v) is 10.5. The molecule has 156 valence electrons. The molecule has 0 spiro atoms. The summed E-state index contributed by atoms with van der Waals surface area (Å²) in [5.74, 6) is 0.140. The molecule has 5 nitrogen and oxygen atoms in total. The van der Waals surface area contributed by atoms with Crippen molar-refractivity contribution in [1.29, 1.82) is 0 Å². The van der Waals surface area contributed by atoms with Crippen LogP contribution in [0.25, 0.3) is 17.1 Å². The van der Waals surface area contributed by atoms with E-state index >= 15 is 0 Å². The fourth-order valence-electron chi connectivity index (χ4n) is 3.12. The van der Waals surface area contributed by atoms with Gasteiger partial charge in [0, 0.05) is 21.3 Å². The normalized spacial score (nSPS) is 10.9. The van der Waals surface area contributed by atoms with Gasteiger partial charge in [0.05, 0.1) is 5.69 Å². The Labute approximate surface area is 190 Å². The van der Waals surface area contributed by atoms with Gasteiger partial charge in [0.25, 0.3) is 5.91 Å². The predicted molar refractivity (Wildman–Crippen MR) is 125 cm³/mol. The van der Waals surface area contributed by atoms with Crippen LogP contribution in [0, 0.1) is 20.8 Å². The second-order valence-electron chi connectivity index (χ2n) is 7.37. The van der Waals surface area contributed by atoms with Crippen LogP contribution in [0.4, 0.5) is 5.69 Å². The van der Waals surface area contributed by atoms with Gasteiger partial charge in [0.1, 0.15) is 0 Å². The van der Waals surface area contributed by atoms with Crippen LogP contribution in [0.3, 0.4) is 0 Å². The number of nitrogens with zero attached hydrogens (tertiary/aromatic N) is 3. The van der Waals surface area contributed by atoms with Gasteiger partial charge in [-0.2, -0.15) is 0 Å². The zero-order valence-electron chi connectivity index (χ0n) is 17.3. The van der Waals surface area contributed by atoms with E-state index in [0.717, 1.165) is 22.3 Å². The van der Waals surface area contributed by atoms with Crippen molar-refractivity contribution in [1.82, 2.24) is 14.8 Å². The zero-order valence-corrected chi connectivity index (χ0v) is 18.8. The monoisotopic (exact) mass is 450 g/mol. The van der Waals surface area contributed by atoms with Gasteiger partial charge in [0.15, 0.2) is 5.82 Å². The Kier molecular flexibility index (Phi) is 5.81. The van der Waals surface area contributed by atoms with Crippen molar-refractivity contribution in [3.63, 3.8) is 0 Å². The smallest absolute Gasteiger partial charge is 0.295 e. The van der Waals surface area contributed by atoms with Crippen molar-refractivity contribution in [3.8, 4) is 17.1 Å². The average Bonchev–Trinajstić information content (AvgIpc) is 3.18. The largest absolute Gasteiger partial charge is 0.319 e. The number of hydrogen-bond donors (Lipinski definition) is 1. The molecule has 31 heavy (non-hydrogen) atoms. The van der Waals surface area contributed by atoms with E-state index < -0.39 is 5.91 Å². The molecule has 1 amide bonds. The molecule has 0 bridgehead atoms. The number of carbonyl (C=O) groups is 1. The van der Waals surface area contributed by atoms with Crippen LogP contribution >= 0.6 is 23.2 Å². The van der Waals surface area contributed by atoms with Gasteiger partial charge in [-0.1, -0.05) is 47.5 Å². The zero-order chi connectivity index (χ0) is 22.1. The lowest BCUT2D eigenvalue weighted by atomic mass is 10.1. The highest BCUT2D eigenvalue weighted by Crippen LogP contribution is 2.26. The van der Waals surface area contributed by atoms with Crippen LogP contribution in [0.2, 0.25) is 10.0 Å². The van der Waals surface area contributed by atoms with E-state index in [2.05, 4.69) is 15.4 Å². The standard InChI is InChI=1S/C24H20Cl2N4O/c1-14-7-9-19(11-16(14)3)27-24(31)22-28-23(17-5-4-6-18(25)12-17)30(29-22)20-10-8-15(2)21(26)13-20/h4-13H,1-3H3,(H,27,31). The summed E-state index contributed by atoms with van der Waals surface area (Å²) in [6.45, 7) is 5.94. The number of rotatable bonds is 4. The summed E-state index contributed by atoms with van der Waals surface area (Å²) in [5.41, 5.74) is 5.31. The summed E-state index contributed by atoms with van der Waals surface area (Å²) in [6.07, 6.45) is 0. The first-order valence-electron chi connectivity index (χ1n) is 9.70. The first-order chi connectivity index (χ1) is 14.8. The van der Waals surface area contributed by atoms with E-state index in [0.29, 0.717) is 27.2 Å². The number of carbonyl (C=O) groups excluding carboxylic acids is 1. The van der Waals surface area contributed by atoms with Crippen molar-refractivity contribution in [2.75, 3.05) is 5.32 Å². The molecule has 0 radical (unpaired) electrons. The third-order valence-corrected chi connectivity index (χ3v) is 5.70. The van der Waals surface area contributed by atoms with Gasteiger partial charge in [-0.3, -0.25) is 4.79 Å². The van der Waals surface area contributed by atoms with Gasteiger partial charge in [0.2, 0.25) is 5.82 Å². The summed E-state index contributed by atoms with van der Waals surface area (Å²) < 4.78 is 1.60. The number of amides is 1. The van der Waals surface area contributed by atoms with Crippen LogP contribution < -0.4 is 5.32 Å². The summed E-state index contributed by atoms with van der Waals surface area (Å²) >= 11 is 12.5. The molecule has 1 heterocycles. The summed E-state index contributed by atoms with van der Waals surface area (Å²) in [5, 5.41) is 8.53. The number of halogens is 2. The van der Waals surface area contributed by atoms with E-state index in [1.165, 1.54) is 0 Å². The van der Waals surface area contributed by atoms with Crippen LogP contribution in [-0.2, 0) is 0 Å². The molecule has 0 saturated carbocycles. The van der Waals surface area contributed by atoms with Crippen LogP contribution in [0.5, 0.6) is 0 Å². The topological polar surface area (TPSA) is 59.8 Å². The Morgan fingerprint density at radius 3 is 2.39 bits per heavy atom. The highest BCUT2D eigenvalue weighted by Gasteiger charge is 2.20. The number of aryl methyl sites for hydroxylation is 3. The molecule has 0 aliphatic rings. The highest BCUT2D eigenvalue weighted by atomic mass is 35.5.